The van der Waals surface area contributed by atoms with Crippen LogP contribution in [0.15, 0.2) is 30.3 Å². The van der Waals surface area contributed by atoms with Crippen LogP contribution in [-0.4, -0.2) is 42.3 Å². The summed E-state index contributed by atoms with van der Waals surface area (Å²) in [5.41, 5.74) is 1.00. The maximum atomic E-state index is 12.1. The molecule has 3 amide bonds. The van der Waals surface area contributed by atoms with E-state index in [-0.39, 0.29) is 36.6 Å². The van der Waals surface area contributed by atoms with Crippen molar-refractivity contribution >= 4 is 17.7 Å². The van der Waals surface area contributed by atoms with Crippen LogP contribution in [0.2, 0.25) is 0 Å². The number of hydrogen-bond donors (Lipinski definition) is 2. The summed E-state index contributed by atoms with van der Waals surface area (Å²) >= 11 is 0. The lowest BCUT2D eigenvalue weighted by Gasteiger charge is -2.18. The van der Waals surface area contributed by atoms with E-state index in [1.165, 1.54) is 0 Å². The summed E-state index contributed by atoms with van der Waals surface area (Å²) in [6.07, 6.45) is 0.226. The highest BCUT2D eigenvalue weighted by molar-refractivity contribution is 5.91. The third kappa shape index (κ3) is 5.37. The summed E-state index contributed by atoms with van der Waals surface area (Å²) in [5.74, 6) is -0.449. The molecule has 0 aromatic heterocycles. The van der Waals surface area contributed by atoms with Crippen molar-refractivity contribution in [1.29, 1.82) is 0 Å². The largest absolute Gasteiger partial charge is 0.350 e. The second kappa shape index (κ2) is 8.47. The Morgan fingerprint density at radius 1 is 1.21 bits per heavy atom. The Balaban J connectivity index is 1.71. The Hall–Kier alpha value is -2.37. The van der Waals surface area contributed by atoms with E-state index in [2.05, 4.69) is 10.6 Å². The second-order valence-corrected chi connectivity index (χ2v) is 6.57. The van der Waals surface area contributed by atoms with Crippen molar-refractivity contribution in [2.24, 2.45) is 11.8 Å². The number of carbonyl (C=O) groups is 3. The van der Waals surface area contributed by atoms with E-state index in [0.717, 1.165) is 5.56 Å². The number of benzene rings is 1. The Morgan fingerprint density at radius 3 is 2.58 bits per heavy atom. The highest BCUT2D eigenvalue weighted by Crippen LogP contribution is 2.19. The van der Waals surface area contributed by atoms with Gasteiger partial charge in [-0.3, -0.25) is 14.4 Å². The average molecular weight is 331 g/mol. The van der Waals surface area contributed by atoms with Crippen molar-refractivity contribution in [2.75, 3.05) is 19.6 Å². The van der Waals surface area contributed by atoms with Gasteiger partial charge in [0.05, 0.1) is 12.5 Å². The average Bonchev–Trinajstić information content (AvgIpc) is 2.92. The van der Waals surface area contributed by atoms with Crippen LogP contribution >= 0.6 is 0 Å². The fourth-order valence-electron chi connectivity index (χ4n) is 2.74. The zero-order chi connectivity index (χ0) is 17.5. The van der Waals surface area contributed by atoms with E-state index in [0.29, 0.717) is 25.6 Å². The number of amides is 3. The molecule has 1 fully saturated rings. The van der Waals surface area contributed by atoms with Crippen molar-refractivity contribution in [2.45, 2.75) is 26.8 Å². The molecule has 24 heavy (non-hydrogen) atoms. The predicted octanol–water partition coefficient (Wildman–Crippen LogP) is 0.924. The molecule has 130 valence electrons. The van der Waals surface area contributed by atoms with Crippen molar-refractivity contribution in [3.05, 3.63) is 35.9 Å². The molecular formula is C18H25N3O3. The molecule has 0 spiro atoms. The topological polar surface area (TPSA) is 78.5 Å². The molecule has 1 atom stereocenters. The quantitative estimate of drug-likeness (QED) is 0.780. The molecule has 0 aliphatic carbocycles. The molecular weight excluding hydrogens is 306 g/mol. The Labute approximate surface area is 142 Å². The highest BCUT2D eigenvalue weighted by Gasteiger charge is 2.34. The number of rotatable bonds is 7. The maximum Gasteiger partial charge on any atom is 0.239 e. The summed E-state index contributed by atoms with van der Waals surface area (Å²) in [4.78, 5) is 37.6. The van der Waals surface area contributed by atoms with Crippen LogP contribution in [0, 0.1) is 11.8 Å². The number of nitrogens with one attached hydrogen (secondary N) is 2. The first-order valence-electron chi connectivity index (χ1n) is 8.32. The van der Waals surface area contributed by atoms with Gasteiger partial charge in [0, 0.05) is 26.1 Å². The van der Waals surface area contributed by atoms with Gasteiger partial charge in [-0.1, -0.05) is 44.2 Å². The molecule has 1 aromatic rings. The molecule has 6 heteroatoms. The first-order valence-corrected chi connectivity index (χ1v) is 8.32. The van der Waals surface area contributed by atoms with Gasteiger partial charge in [0.2, 0.25) is 17.7 Å². The Bertz CT molecular complexity index is 586. The molecule has 1 aromatic carbocycles. The molecule has 0 radical (unpaired) electrons. The molecule has 0 saturated carbocycles. The van der Waals surface area contributed by atoms with Gasteiger partial charge in [0.25, 0.3) is 0 Å². The van der Waals surface area contributed by atoms with Crippen molar-refractivity contribution in [3.63, 3.8) is 0 Å². The first kappa shape index (κ1) is 18.0. The number of nitrogens with zero attached hydrogens (tertiary/aromatic N) is 1. The van der Waals surface area contributed by atoms with E-state index in [4.69, 9.17) is 0 Å². The van der Waals surface area contributed by atoms with E-state index < -0.39 is 0 Å². The highest BCUT2D eigenvalue weighted by atomic mass is 16.2. The maximum absolute atomic E-state index is 12.1. The molecule has 1 saturated heterocycles. The van der Waals surface area contributed by atoms with Gasteiger partial charge < -0.3 is 15.5 Å². The SMILES string of the molecule is CC(C)CN1CC(C(=O)NCC(=O)NCc2ccccc2)CC1=O. The van der Waals surface area contributed by atoms with Crippen LogP contribution < -0.4 is 10.6 Å². The summed E-state index contributed by atoms with van der Waals surface area (Å²) in [6.45, 7) is 5.55. The van der Waals surface area contributed by atoms with E-state index in [9.17, 15) is 14.4 Å². The smallest absolute Gasteiger partial charge is 0.239 e. The lowest BCUT2D eigenvalue weighted by molar-refractivity contribution is -0.129. The zero-order valence-electron chi connectivity index (χ0n) is 14.2. The second-order valence-electron chi connectivity index (χ2n) is 6.57. The summed E-state index contributed by atoms with van der Waals surface area (Å²) in [7, 11) is 0. The van der Waals surface area contributed by atoms with Crippen molar-refractivity contribution < 1.29 is 14.4 Å². The van der Waals surface area contributed by atoms with Crippen molar-refractivity contribution in [3.8, 4) is 0 Å². The molecule has 0 bridgehead atoms. The number of likely N-dealkylation sites (tertiary alicyclic amines) is 1. The van der Waals surface area contributed by atoms with E-state index >= 15 is 0 Å². The van der Waals surface area contributed by atoms with Crippen LogP contribution in [0.1, 0.15) is 25.8 Å². The molecule has 1 unspecified atom stereocenters. The van der Waals surface area contributed by atoms with Crippen LogP contribution in [0.25, 0.3) is 0 Å². The minimum absolute atomic E-state index is 0.0115. The third-order valence-electron chi connectivity index (χ3n) is 3.93. The van der Waals surface area contributed by atoms with Crippen LogP contribution in [0.4, 0.5) is 0 Å². The minimum atomic E-state index is -0.363. The fraction of sp³-hybridized carbons (Fsp3) is 0.500. The van der Waals surface area contributed by atoms with Gasteiger partial charge in [-0.25, -0.2) is 0 Å². The van der Waals surface area contributed by atoms with E-state index in [1.54, 1.807) is 4.90 Å². The van der Waals surface area contributed by atoms with Gasteiger partial charge in [-0.05, 0) is 11.5 Å². The lowest BCUT2D eigenvalue weighted by Crippen LogP contribution is -2.40. The monoisotopic (exact) mass is 331 g/mol. The fourth-order valence-corrected chi connectivity index (χ4v) is 2.74. The molecule has 1 aliphatic heterocycles. The third-order valence-corrected chi connectivity index (χ3v) is 3.93. The first-order chi connectivity index (χ1) is 11.5. The Kier molecular flexibility index (Phi) is 6.35. The molecule has 2 rings (SSSR count). The number of hydrogen-bond acceptors (Lipinski definition) is 3. The lowest BCUT2D eigenvalue weighted by atomic mass is 10.1. The van der Waals surface area contributed by atoms with Gasteiger partial charge in [0.1, 0.15) is 0 Å². The number of carbonyl (C=O) groups excluding carboxylic acids is 3. The van der Waals surface area contributed by atoms with Gasteiger partial charge in [-0.2, -0.15) is 0 Å². The van der Waals surface area contributed by atoms with E-state index in [1.807, 2.05) is 44.2 Å². The van der Waals surface area contributed by atoms with Crippen LogP contribution in [0.3, 0.4) is 0 Å². The van der Waals surface area contributed by atoms with Gasteiger partial charge in [-0.15, -0.1) is 0 Å². The predicted molar refractivity (Wildman–Crippen MR) is 90.8 cm³/mol. The summed E-state index contributed by atoms with van der Waals surface area (Å²) in [5, 5.41) is 5.38. The van der Waals surface area contributed by atoms with Crippen LogP contribution in [0.5, 0.6) is 0 Å². The summed E-state index contributed by atoms with van der Waals surface area (Å²) < 4.78 is 0. The Morgan fingerprint density at radius 2 is 1.92 bits per heavy atom. The molecule has 6 nitrogen and oxygen atoms in total. The van der Waals surface area contributed by atoms with Crippen molar-refractivity contribution in [1.82, 2.24) is 15.5 Å². The molecule has 2 N–H and O–H groups in total. The summed E-state index contributed by atoms with van der Waals surface area (Å²) in [6, 6.07) is 9.57. The zero-order valence-corrected chi connectivity index (χ0v) is 14.2. The molecule has 1 heterocycles. The van der Waals surface area contributed by atoms with Gasteiger partial charge in [0.15, 0.2) is 0 Å². The minimum Gasteiger partial charge on any atom is -0.350 e. The molecule has 1 aliphatic rings. The normalized spacial score (nSPS) is 17.2. The van der Waals surface area contributed by atoms with Crippen LogP contribution in [-0.2, 0) is 20.9 Å². The standard InChI is InChI=1S/C18H25N3O3/c1-13(2)11-21-12-15(8-17(21)23)18(24)20-10-16(22)19-9-14-6-4-3-5-7-14/h3-7,13,15H,8-12H2,1-2H3,(H,19,22)(H,20,24). The van der Waals surface area contributed by atoms with Gasteiger partial charge >= 0.3 is 0 Å².